The van der Waals surface area contributed by atoms with E-state index in [-0.39, 0.29) is 42.9 Å². The van der Waals surface area contributed by atoms with Crippen LogP contribution < -0.4 is 21.9 Å². The molecule has 0 aliphatic carbocycles. The molecular formula is C25H31FN6O4. The van der Waals surface area contributed by atoms with E-state index in [9.17, 15) is 18.8 Å². The fourth-order valence-electron chi connectivity index (χ4n) is 3.87. The molecule has 0 atom stereocenters. The number of aryl methyl sites for hydroxylation is 1. The summed E-state index contributed by atoms with van der Waals surface area (Å²) in [7, 11) is 1.47. The maximum Gasteiger partial charge on any atom is 0.330 e. The minimum atomic E-state index is -0.758. The normalized spacial score (nSPS) is 11.5. The molecule has 0 radical (unpaired) electrons. The number of carbonyl (C=O) groups is 1. The summed E-state index contributed by atoms with van der Waals surface area (Å²) in [5, 5.41) is 4.50. The Hall–Kier alpha value is -3.99. The summed E-state index contributed by atoms with van der Waals surface area (Å²) in [6.45, 7) is 7.90. The molecule has 192 valence electrons. The number of hydrogen-bond acceptors (Lipinski definition) is 6. The first kappa shape index (κ1) is 26.6. The van der Waals surface area contributed by atoms with Gasteiger partial charge in [0.15, 0.2) is 5.69 Å². The Morgan fingerprint density at radius 1 is 1.25 bits per heavy atom. The Labute approximate surface area is 207 Å². The van der Waals surface area contributed by atoms with Crippen LogP contribution in [0.3, 0.4) is 0 Å². The highest BCUT2D eigenvalue weighted by molar-refractivity contribution is 6.05. The molecule has 2 heterocycles. The molecule has 36 heavy (non-hydrogen) atoms. The Balaban J connectivity index is 2.00. The summed E-state index contributed by atoms with van der Waals surface area (Å²) in [4.78, 5) is 41.8. The maximum absolute atomic E-state index is 13.3. The van der Waals surface area contributed by atoms with E-state index < -0.39 is 17.2 Å². The number of ether oxygens (including phenoxy) is 1. The molecule has 0 unspecified atom stereocenters. The zero-order chi connectivity index (χ0) is 26.6. The number of methoxy groups -OCH3 is 1. The molecule has 0 aliphatic heterocycles. The van der Waals surface area contributed by atoms with Gasteiger partial charge in [-0.05, 0) is 50.1 Å². The second-order valence-electron chi connectivity index (χ2n) is 8.79. The summed E-state index contributed by atoms with van der Waals surface area (Å²) in [5.41, 5.74) is 7.50. The van der Waals surface area contributed by atoms with Gasteiger partial charge in [0, 0.05) is 37.5 Å². The van der Waals surface area contributed by atoms with Gasteiger partial charge < -0.3 is 10.5 Å². The number of rotatable bonds is 9. The van der Waals surface area contributed by atoms with Gasteiger partial charge in [-0.1, -0.05) is 13.8 Å². The Morgan fingerprint density at radius 3 is 2.53 bits per heavy atom. The van der Waals surface area contributed by atoms with E-state index in [0.29, 0.717) is 16.9 Å². The van der Waals surface area contributed by atoms with E-state index in [1.165, 1.54) is 34.8 Å². The number of amides is 1. The van der Waals surface area contributed by atoms with Crippen LogP contribution in [0.4, 0.5) is 15.9 Å². The van der Waals surface area contributed by atoms with Gasteiger partial charge in [-0.2, -0.15) is 5.10 Å². The van der Waals surface area contributed by atoms with Crippen molar-refractivity contribution >= 4 is 23.5 Å². The number of nitrogen functional groups attached to an aromatic ring is 1. The molecule has 3 rings (SSSR count). The first-order chi connectivity index (χ1) is 17.0. The van der Waals surface area contributed by atoms with Gasteiger partial charge >= 0.3 is 5.69 Å². The average Bonchev–Trinajstić information content (AvgIpc) is 3.10. The van der Waals surface area contributed by atoms with Crippen LogP contribution in [-0.2, 0) is 16.1 Å². The summed E-state index contributed by atoms with van der Waals surface area (Å²) in [5.74, 6) is -0.884. The number of aromatic nitrogens is 4. The molecule has 3 N–H and O–H groups in total. The van der Waals surface area contributed by atoms with Gasteiger partial charge in [0.1, 0.15) is 11.6 Å². The van der Waals surface area contributed by atoms with Crippen LogP contribution in [0.2, 0.25) is 0 Å². The van der Waals surface area contributed by atoms with Gasteiger partial charge in [0.25, 0.3) is 11.5 Å². The van der Waals surface area contributed by atoms with E-state index in [2.05, 4.69) is 10.1 Å². The van der Waals surface area contributed by atoms with Crippen molar-refractivity contribution in [3.8, 4) is 5.69 Å². The number of aromatic amines is 1. The van der Waals surface area contributed by atoms with Gasteiger partial charge in [-0.15, -0.1) is 0 Å². The van der Waals surface area contributed by atoms with Crippen molar-refractivity contribution in [2.45, 2.75) is 34.2 Å². The standard InChI is InChI=1S/C25H31FN6O4/c1-15(2)14-31-23(27)22(24(34)28-25(31)35)30(12-13-36-5)21(33)11-10-20-16(3)29-32(17(20)4)19-8-6-18(26)7-9-19/h6-11,15H,12-14,27H2,1-5H3,(H,28,34,35)/b11-10+. The van der Waals surface area contributed by atoms with Crippen molar-refractivity contribution < 1.29 is 13.9 Å². The first-order valence-electron chi connectivity index (χ1n) is 11.5. The molecule has 0 saturated heterocycles. The molecule has 0 bridgehead atoms. The highest BCUT2D eigenvalue weighted by Gasteiger charge is 2.23. The highest BCUT2D eigenvalue weighted by atomic mass is 19.1. The van der Waals surface area contributed by atoms with Crippen molar-refractivity contribution in [2.75, 3.05) is 30.9 Å². The van der Waals surface area contributed by atoms with Gasteiger partial charge in [0.05, 0.1) is 18.0 Å². The number of nitrogens with one attached hydrogen (secondary N) is 1. The van der Waals surface area contributed by atoms with Crippen molar-refractivity contribution in [3.63, 3.8) is 0 Å². The number of benzene rings is 1. The summed E-state index contributed by atoms with van der Waals surface area (Å²) in [6.07, 6.45) is 2.92. The van der Waals surface area contributed by atoms with Crippen LogP contribution in [0.15, 0.2) is 39.9 Å². The van der Waals surface area contributed by atoms with Crippen LogP contribution in [0.25, 0.3) is 11.8 Å². The van der Waals surface area contributed by atoms with Crippen LogP contribution in [0.5, 0.6) is 0 Å². The number of nitrogens with two attached hydrogens (primary N) is 1. The number of nitrogens with zero attached hydrogens (tertiary/aromatic N) is 4. The number of anilines is 2. The van der Waals surface area contributed by atoms with Crippen LogP contribution >= 0.6 is 0 Å². The Morgan fingerprint density at radius 2 is 1.92 bits per heavy atom. The van der Waals surface area contributed by atoms with Crippen molar-refractivity contribution in [1.29, 1.82) is 0 Å². The third-order valence-corrected chi connectivity index (χ3v) is 5.63. The quantitative estimate of drug-likeness (QED) is 0.436. The average molecular weight is 499 g/mol. The molecular weight excluding hydrogens is 467 g/mol. The van der Waals surface area contributed by atoms with Crippen molar-refractivity contribution in [1.82, 2.24) is 19.3 Å². The second kappa shape index (κ2) is 11.2. The minimum Gasteiger partial charge on any atom is -0.383 e. The van der Waals surface area contributed by atoms with Gasteiger partial charge in [-0.3, -0.25) is 24.0 Å². The number of H-pyrrole nitrogens is 1. The Bertz CT molecular complexity index is 1390. The molecule has 10 nitrogen and oxygen atoms in total. The minimum absolute atomic E-state index is 0.0413. The van der Waals surface area contributed by atoms with Gasteiger partial charge in [-0.25, -0.2) is 13.9 Å². The Kier molecular flexibility index (Phi) is 8.25. The zero-order valence-electron chi connectivity index (χ0n) is 21.0. The fraction of sp³-hybridized carbons (Fsp3) is 0.360. The lowest BCUT2D eigenvalue weighted by molar-refractivity contribution is -0.114. The zero-order valence-corrected chi connectivity index (χ0v) is 21.0. The van der Waals surface area contributed by atoms with Crippen molar-refractivity contribution in [2.24, 2.45) is 5.92 Å². The monoisotopic (exact) mass is 498 g/mol. The lowest BCUT2D eigenvalue weighted by Gasteiger charge is -2.23. The number of halogens is 1. The summed E-state index contributed by atoms with van der Waals surface area (Å²) < 4.78 is 21.4. The predicted octanol–water partition coefficient (Wildman–Crippen LogP) is 2.41. The van der Waals surface area contributed by atoms with E-state index in [1.807, 2.05) is 20.8 Å². The third kappa shape index (κ3) is 5.62. The molecule has 0 aliphatic rings. The number of hydrogen-bond donors (Lipinski definition) is 2. The van der Waals surface area contributed by atoms with E-state index >= 15 is 0 Å². The maximum atomic E-state index is 13.3. The largest absolute Gasteiger partial charge is 0.383 e. The molecule has 0 fully saturated rings. The molecule has 1 amide bonds. The highest BCUT2D eigenvalue weighted by Crippen LogP contribution is 2.21. The fourth-order valence-corrected chi connectivity index (χ4v) is 3.87. The van der Waals surface area contributed by atoms with Gasteiger partial charge in [0.2, 0.25) is 0 Å². The summed E-state index contributed by atoms with van der Waals surface area (Å²) in [6, 6.07) is 5.92. The SMILES string of the molecule is COCCN(C(=O)/C=C/c1c(C)nn(-c2ccc(F)cc2)c1C)c1c(N)n(CC(C)C)c(=O)[nH]c1=O. The molecule has 1 aromatic carbocycles. The second-order valence-corrected chi connectivity index (χ2v) is 8.79. The van der Waals surface area contributed by atoms with E-state index in [4.69, 9.17) is 10.5 Å². The smallest absolute Gasteiger partial charge is 0.330 e. The molecule has 0 spiro atoms. The molecule has 2 aromatic heterocycles. The van der Waals surface area contributed by atoms with Crippen LogP contribution in [-0.4, -0.2) is 45.5 Å². The first-order valence-corrected chi connectivity index (χ1v) is 11.5. The van der Waals surface area contributed by atoms with E-state index in [1.54, 1.807) is 29.8 Å². The predicted molar refractivity (Wildman–Crippen MR) is 137 cm³/mol. The summed E-state index contributed by atoms with van der Waals surface area (Å²) >= 11 is 0. The van der Waals surface area contributed by atoms with Crippen molar-refractivity contribution in [3.05, 3.63) is 73.9 Å². The molecule has 3 aromatic rings. The lowest BCUT2D eigenvalue weighted by Crippen LogP contribution is -2.42. The third-order valence-electron chi connectivity index (χ3n) is 5.63. The number of carbonyl (C=O) groups excluding carboxylic acids is 1. The lowest BCUT2D eigenvalue weighted by atomic mass is 10.1. The topological polar surface area (TPSA) is 128 Å². The molecule has 0 saturated carbocycles. The van der Waals surface area contributed by atoms with Crippen LogP contribution in [0, 0.1) is 25.6 Å². The van der Waals surface area contributed by atoms with E-state index in [0.717, 1.165) is 5.69 Å². The molecule has 11 heteroatoms. The van der Waals surface area contributed by atoms with Crippen LogP contribution in [0.1, 0.15) is 30.8 Å².